The molecule has 0 fully saturated rings. The van der Waals surface area contributed by atoms with E-state index in [4.69, 9.17) is 8.83 Å². The van der Waals surface area contributed by atoms with Crippen molar-refractivity contribution in [2.75, 3.05) is 7.11 Å². The van der Waals surface area contributed by atoms with Gasteiger partial charge in [-0.3, -0.25) is 0 Å². The Hall–Kier alpha value is -3.33. The van der Waals surface area contributed by atoms with Crippen molar-refractivity contribution in [3.05, 3.63) is 58.5 Å². The fraction of sp³-hybridized carbons (Fsp3) is 0.111. The van der Waals surface area contributed by atoms with Gasteiger partial charge in [0.05, 0.1) is 18.6 Å². The van der Waals surface area contributed by atoms with E-state index in [2.05, 4.69) is 14.9 Å². The molecule has 0 aliphatic heterocycles. The molecule has 0 unspecified atom stereocenters. The molecule has 8 nitrogen and oxygen atoms in total. The topological polar surface area (TPSA) is 118 Å². The van der Waals surface area contributed by atoms with E-state index in [0.29, 0.717) is 23.0 Å². The first-order chi connectivity index (χ1) is 13.0. The summed E-state index contributed by atoms with van der Waals surface area (Å²) in [5.41, 5.74) is 1.14. The summed E-state index contributed by atoms with van der Waals surface area (Å²) in [5.74, 6) is -0.683. The number of aryl methyl sites for hydroxylation is 1. The van der Waals surface area contributed by atoms with Gasteiger partial charge < -0.3 is 23.5 Å². The Morgan fingerprint density at radius 2 is 1.85 bits per heavy atom. The molecule has 0 spiro atoms. The van der Waals surface area contributed by atoms with Crippen molar-refractivity contribution in [3.8, 4) is 11.3 Å². The number of nitrogens with zero attached hydrogens (tertiary/aromatic N) is 2. The van der Waals surface area contributed by atoms with Crippen molar-refractivity contribution in [1.82, 2.24) is 10.2 Å². The summed E-state index contributed by atoms with van der Waals surface area (Å²) in [6, 6.07) is 9.93. The minimum Gasteiger partial charge on any atom is -0.544 e. The van der Waals surface area contributed by atoms with Crippen LogP contribution >= 0.6 is 11.8 Å². The largest absolute Gasteiger partial charge is 0.544 e. The minimum atomic E-state index is -1.39. The third-order valence-corrected chi connectivity index (χ3v) is 4.24. The third-order valence-electron chi connectivity index (χ3n) is 3.40. The number of carboxylic acid groups (broad SMARTS) is 1. The molecular weight excluding hydrogens is 372 g/mol. The lowest BCUT2D eigenvalue weighted by molar-refractivity contribution is -0.298. The van der Waals surface area contributed by atoms with Gasteiger partial charge in [-0.15, -0.1) is 10.2 Å². The van der Waals surface area contributed by atoms with Crippen molar-refractivity contribution < 1.29 is 28.3 Å². The van der Waals surface area contributed by atoms with E-state index in [9.17, 15) is 14.7 Å². The SMILES string of the molecule is COC(=O)c1ccc(-c2ccc(/C=C(/Sc3nnc(C)o3)C(=O)[O-])o2)cc1. The fourth-order valence-electron chi connectivity index (χ4n) is 2.15. The van der Waals surface area contributed by atoms with Gasteiger partial charge in [-0.25, -0.2) is 4.79 Å². The standard InChI is InChI=1S/C18H14N2O6S/c1-10-19-20-18(25-10)27-15(16(21)22)9-13-7-8-14(26-13)11-3-5-12(6-4-11)17(23)24-2/h3-9H,1-2H3,(H,21,22)/p-1/b15-9+. The average Bonchev–Trinajstić information content (AvgIpc) is 3.29. The predicted octanol–water partition coefficient (Wildman–Crippen LogP) is 2.31. The zero-order chi connectivity index (χ0) is 19.4. The highest BCUT2D eigenvalue weighted by Gasteiger charge is 2.11. The monoisotopic (exact) mass is 385 g/mol. The van der Waals surface area contributed by atoms with E-state index in [1.807, 2.05) is 0 Å². The molecule has 138 valence electrons. The van der Waals surface area contributed by atoms with Gasteiger partial charge in [0, 0.05) is 17.4 Å². The van der Waals surface area contributed by atoms with Crippen molar-refractivity contribution in [2.45, 2.75) is 12.1 Å². The van der Waals surface area contributed by atoms with Crippen LogP contribution in [-0.4, -0.2) is 29.2 Å². The number of hydrogen-bond acceptors (Lipinski definition) is 9. The second-order valence-corrected chi connectivity index (χ2v) is 6.25. The molecule has 0 aliphatic carbocycles. The highest BCUT2D eigenvalue weighted by molar-refractivity contribution is 8.03. The zero-order valence-electron chi connectivity index (χ0n) is 14.3. The smallest absolute Gasteiger partial charge is 0.337 e. The van der Waals surface area contributed by atoms with Crippen LogP contribution in [0.1, 0.15) is 22.0 Å². The Morgan fingerprint density at radius 1 is 1.11 bits per heavy atom. The summed E-state index contributed by atoms with van der Waals surface area (Å²) < 4.78 is 15.5. The number of methoxy groups -OCH3 is 1. The fourth-order valence-corrected chi connectivity index (χ4v) is 2.84. The maximum Gasteiger partial charge on any atom is 0.337 e. The summed E-state index contributed by atoms with van der Waals surface area (Å²) >= 11 is 0.773. The van der Waals surface area contributed by atoms with Crippen LogP contribution in [0.2, 0.25) is 0 Å². The van der Waals surface area contributed by atoms with Gasteiger partial charge in [0.2, 0.25) is 5.89 Å². The lowest BCUT2D eigenvalue weighted by Crippen LogP contribution is -2.22. The Morgan fingerprint density at radius 3 is 2.44 bits per heavy atom. The second kappa shape index (κ2) is 7.92. The Balaban J connectivity index is 1.81. The summed E-state index contributed by atoms with van der Waals surface area (Å²) in [4.78, 5) is 22.7. The molecule has 0 bridgehead atoms. The van der Waals surface area contributed by atoms with Crippen LogP contribution in [0.5, 0.6) is 0 Å². The van der Waals surface area contributed by atoms with Crippen LogP contribution in [0.3, 0.4) is 0 Å². The van der Waals surface area contributed by atoms with E-state index in [1.165, 1.54) is 13.2 Å². The summed E-state index contributed by atoms with van der Waals surface area (Å²) in [6.07, 6.45) is 1.31. The van der Waals surface area contributed by atoms with Crippen molar-refractivity contribution in [1.29, 1.82) is 0 Å². The van der Waals surface area contributed by atoms with Gasteiger partial charge in [0.1, 0.15) is 11.5 Å². The Bertz CT molecular complexity index is 1000. The molecule has 0 saturated heterocycles. The number of esters is 1. The maximum absolute atomic E-state index is 11.5. The van der Waals surface area contributed by atoms with Crippen molar-refractivity contribution in [2.24, 2.45) is 0 Å². The van der Waals surface area contributed by atoms with E-state index in [-0.39, 0.29) is 10.1 Å². The van der Waals surface area contributed by atoms with Gasteiger partial charge in [0.25, 0.3) is 5.22 Å². The third kappa shape index (κ3) is 4.45. The second-order valence-electron chi connectivity index (χ2n) is 5.26. The molecule has 0 atom stereocenters. The average molecular weight is 385 g/mol. The van der Waals surface area contributed by atoms with Crippen LogP contribution in [0.4, 0.5) is 0 Å². The molecule has 0 aliphatic rings. The predicted molar refractivity (Wildman–Crippen MR) is 93.4 cm³/mol. The van der Waals surface area contributed by atoms with Crippen LogP contribution in [-0.2, 0) is 9.53 Å². The molecule has 0 N–H and O–H groups in total. The van der Waals surface area contributed by atoms with E-state index in [0.717, 1.165) is 17.3 Å². The maximum atomic E-state index is 11.5. The molecule has 3 aromatic rings. The summed E-state index contributed by atoms with van der Waals surface area (Å²) in [5, 5.41) is 18.8. The van der Waals surface area contributed by atoms with E-state index >= 15 is 0 Å². The summed E-state index contributed by atoms with van der Waals surface area (Å²) in [6.45, 7) is 1.60. The number of thioether (sulfide) groups is 1. The minimum absolute atomic E-state index is 0.0909. The number of carboxylic acids is 1. The number of aromatic nitrogens is 2. The van der Waals surface area contributed by atoms with Crippen LogP contribution < -0.4 is 5.11 Å². The van der Waals surface area contributed by atoms with Crippen molar-refractivity contribution in [3.63, 3.8) is 0 Å². The first-order valence-corrected chi connectivity index (χ1v) is 8.47. The van der Waals surface area contributed by atoms with Gasteiger partial charge in [0.15, 0.2) is 0 Å². The Kier molecular flexibility index (Phi) is 5.41. The number of carbonyl (C=O) groups excluding carboxylic acids is 2. The molecule has 9 heteroatoms. The number of benzene rings is 1. The molecule has 0 saturated carbocycles. The number of rotatable bonds is 6. The number of aliphatic carboxylic acids is 1. The quantitative estimate of drug-likeness (QED) is 0.358. The van der Waals surface area contributed by atoms with Gasteiger partial charge in [-0.05, 0) is 42.1 Å². The highest BCUT2D eigenvalue weighted by Crippen LogP contribution is 2.29. The van der Waals surface area contributed by atoms with Gasteiger partial charge in [-0.1, -0.05) is 12.1 Å². The molecule has 1 aromatic carbocycles. The van der Waals surface area contributed by atoms with Crippen LogP contribution in [0, 0.1) is 6.92 Å². The molecule has 27 heavy (non-hydrogen) atoms. The normalized spacial score (nSPS) is 11.4. The van der Waals surface area contributed by atoms with Crippen LogP contribution in [0.25, 0.3) is 17.4 Å². The first kappa shape index (κ1) is 18.5. The Labute approximate surface area is 157 Å². The van der Waals surface area contributed by atoms with E-state index < -0.39 is 11.9 Å². The number of carbonyl (C=O) groups is 2. The highest BCUT2D eigenvalue weighted by atomic mass is 32.2. The van der Waals surface area contributed by atoms with Gasteiger partial charge in [-0.2, -0.15) is 0 Å². The lowest BCUT2D eigenvalue weighted by atomic mass is 10.1. The lowest BCUT2D eigenvalue weighted by Gasteiger charge is -2.04. The molecule has 2 heterocycles. The first-order valence-electron chi connectivity index (χ1n) is 7.66. The molecule has 0 amide bonds. The van der Waals surface area contributed by atoms with Gasteiger partial charge >= 0.3 is 5.97 Å². The molecule has 0 radical (unpaired) electrons. The number of ether oxygens (including phenoxy) is 1. The molecular formula is C18H13N2O6S-. The number of furan rings is 1. The van der Waals surface area contributed by atoms with E-state index in [1.54, 1.807) is 43.3 Å². The van der Waals surface area contributed by atoms with Crippen LogP contribution in [0.15, 0.2) is 55.4 Å². The molecule has 3 rings (SSSR count). The molecule has 2 aromatic heterocycles. The zero-order valence-corrected chi connectivity index (χ0v) is 15.1. The van der Waals surface area contributed by atoms with Crippen molar-refractivity contribution >= 4 is 29.8 Å². The summed E-state index contributed by atoms with van der Waals surface area (Å²) in [7, 11) is 1.31. The number of hydrogen-bond donors (Lipinski definition) is 0.